The molecule has 2 aromatic carbocycles. The lowest BCUT2D eigenvalue weighted by Gasteiger charge is -2.40. The van der Waals surface area contributed by atoms with Crippen LogP contribution in [-0.4, -0.2) is 63.9 Å². The summed E-state index contributed by atoms with van der Waals surface area (Å²) in [6.45, 7) is 16.1. The molecule has 0 bridgehead atoms. The lowest BCUT2D eigenvalue weighted by molar-refractivity contribution is -0.131. The fraction of sp³-hybridized carbons (Fsp3) is 0.529. The molecule has 1 saturated heterocycles. The Morgan fingerprint density at radius 1 is 1.00 bits per heavy atom. The molecule has 8 nitrogen and oxygen atoms in total. The third-order valence-corrected chi connectivity index (χ3v) is 7.99. The second kappa shape index (κ2) is 12.7. The molecule has 1 fully saturated rings. The summed E-state index contributed by atoms with van der Waals surface area (Å²) in [6, 6.07) is 11.8. The monoisotopic (exact) mass is 643 g/mol. The van der Waals surface area contributed by atoms with Gasteiger partial charge in [-0.15, -0.1) is 0 Å². The Hall–Kier alpha value is -3.10. The average Bonchev–Trinajstić information content (AvgIpc) is 3.43. The molecule has 2 amide bonds. The molecule has 0 saturated carbocycles. The summed E-state index contributed by atoms with van der Waals surface area (Å²) in [7, 11) is 0. The maximum absolute atomic E-state index is 14.5. The predicted molar refractivity (Wildman–Crippen MR) is 173 cm³/mol. The minimum absolute atomic E-state index is 0.0163. The number of ether oxygens (including phenoxy) is 2. The summed E-state index contributed by atoms with van der Waals surface area (Å²) in [5.41, 5.74) is 0.344. The lowest BCUT2D eigenvalue weighted by Crippen LogP contribution is -2.51. The highest BCUT2D eigenvalue weighted by Crippen LogP contribution is 2.44. The molecule has 2 aliphatic rings. The van der Waals surface area contributed by atoms with Crippen LogP contribution in [0.2, 0.25) is 10.0 Å². The van der Waals surface area contributed by atoms with E-state index in [1.165, 1.54) is 0 Å². The molecule has 2 heterocycles. The molecule has 2 atom stereocenters. The predicted octanol–water partition coefficient (Wildman–Crippen LogP) is 8.09. The van der Waals surface area contributed by atoms with E-state index in [0.717, 1.165) is 12.0 Å². The molecule has 2 aromatic rings. The summed E-state index contributed by atoms with van der Waals surface area (Å²) in [6.07, 6.45) is 1.19. The third kappa shape index (κ3) is 7.94. The van der Waals surface area contributed by atoms with E-state index in [-0.39, 0.29) is 29.7 Å². The van der Waals surface area contributed by atoms with Gasteiger partial charge in [0.05, 0.1) is 24.3 Å². The van der Waals surface area contributed by atoms with Crippen molar-refractivity contribution >= 4 is 46.9 Å². The summed E-state index contributed by atoms with van der Waals surface area (Å²) in [5, 5.41) is 0.788. The summed E-state index contributed by atoms with van der Waals surface area (Å²) < 4.78 is 11.1. The molecular weight excluding hydrogens is 601 g/mol. The van der Waals surface area contributed by atoms with Crippen LogP contribution in [0, 0.1) is 5.41 Å². The minimum Gasteiger partial charge on any atom is -0.459 e. The fourth-order valence-corrected chi connectivity index (χ4v) is 6.14. The van der Waals surface area contributed by atoms with Gasteiger partial charge in [0.25, 0.3) is 5.91 Å². The fourth-order valence-electron chi connectivity index (χ4n) is 5.61. The van der Waals surface area contributed by atoms with Crippen LogP contribution in [0.1, 0.15) is 102 Å². The molecule has 2 aliphatic heterocycles. The number of amides is 2. The number of hydrogen-bond acceptors (Lipinski definition) is 6. The molecule has 0 aliphatic carbocycles. The van der Waals surface area contributed by atoms with Gasteiger partial charge in [0.1, 0.15) is 11.3 Å². The van der Waals surface area contributed by atoms with E-state index in [2.05, 4.69) is 20.8 Å². The van der Waals surface area contributed by atoms with Crippen molar-refractivity contribution in [3.8, 4) is 0 Å². The van der Waals surface area contributed by atoms with Gasteiger partial charge < -0.3 is 19.3 Å². The Bertz CT molecular complexity index is 1420. The van der Waals surface area contributed by atoms with Gasteiger partial charge in [-0.05, 0) is 88.8 Å². The molecule has 0 radical (unpaired) electrons. The van der Waals surface area contributed by atoms with Crippen molar-refractivity contribution in [1.29, 1.82) is 0 Å². The smallest absolute Gasteiger partial charge is 0.410 e. The number of hydrogen-bond donors (Lipinski definition) is 0. The van der Waals surface area contributed by atoms with Crippen molar-refractivity contribution in [2.75, 3.05) is 13.1 Å². The number of rotatable bonds is 7. The number of carbonyl (C=O) groups excluding carboxylic acids is 3. The maximum atomic E-state index is 14.5. The normalized spacial score (nSPS) is 19.5. The van der Waals surface area contributed by atoms with Gasteiger partial charge in [-0.3, -0.25) is 4.79 Å². The minimum atomic E-state index is -1.03. The van der Waals surface area contributed by atoms with Crippen LogP contribution in [0.4, 0.5) is 4.79 Å². The van der Waals surface area contributed by atoms with Crippen LogP contribution in [0.5, 0.6) is 0 Å². The molecule has 10 heteroatoms. The second-order valence-electron chi connectivity index (χ2n) is 14.1. The van der Waals surface area contributed by atoms with Crippen LogP contribution in [0.15, 0.2) is 47.5 Å². The lowest BCUT2D eigenvalue weighted by atomic mass is 9.85. The Labute approximate surface area is 270 Å². The highest BCUT2D eigenvalue weighted by Gasteiger charge is 2.55. The van der Waals surface area contributed by atoms with Crippen LogP contribution >= 0.6 is 23.2 Å². The van der Waals surface area contributed by atoms with Crippen LogP contribution in [-0.2, 0) is 14.3 Å². The van der Waals surface area contributed by atoms with Gasteiger partial charge in [-0.1, -0.05) is 56.1 Å². The topological polar surface area (TPSA) is 88.5 Å². The summed E-state index contributed by atoms with van der Waals surface area (Å²) in [4.78, 5) is 48.8. The van der Waals surface area contributed by atoms with Crippen LogP contribution < -0.4 is 0 Å². The first-order chi connectivity index (χ1) is 20.4. The molecule has 238 valence electrons. The van der Waals surface area contributed by atoms with E-state index in [1.54, 1.807) is 49.1 Å². The Kier molecular flexibility index (Phi) is 9.77. The van der Waals surface area contributed by atoms with Gasteiger partial charge in [0, 0.05) is 28.6 Å². The first kappa shape index (κ1) is 33.8. The van der Waals surface area contributed by atoms with Gasteiger partial charge >= 0.3 is 12.1 Å². The van der Waals surface area contributed by atoms with Crippen molar-refractivity contribution in [2.24, 2.45) is 10.4 Å². The van der Waals surface area contributed by atoms with Crippen molar-refractivity contribution in [3.05, 3.63) is 69.2 Å². The standard InChI is InChI=1S/C34H43Cl2N3O5/c1-21(2)43-30(41)23-11-9-22(10-12-23)27(13-14-32(3,4)5)39-29(40)28(24-17-25(35)19-26(36)18-24)37-34(39)15-16-38(20-34)31(42)44-33(6,7)8/h9-12,17-19,21,27H,13-16,20H2,1-8H3/t27-,34?/m1/s1. The third-order valence-electron chi connectivity index (χ3n) is 7.56. The number of carbonyl (C=O) groups is 3. The Morgan fingerprint density at radius 3 is 2.16 bits per heavy atom. The van der Waals surface area contributed by atoms with Gasteiger partial charge in [-0.25, -0.2) is 14.6 Å². The molecular formula is C34H43Cl2N3O5. The zero-order valence-corrected chi connectivity index (χ0v) is 28.4. The highest BCUT2D eigenvalue weighted by molar-refractivity contribution is 6.48. The average molecular weight is 645 g/mol. The molecule has 44 heavy (non-hydrogen) atoms. The van der Waals surface area contributed by atoms with Gasteiger partial charge in [-0.2, -0.15) is 0 Å². The SMILES string of the molecule is CC(C)OC(=O)c1ccc([C@@H](CCC(C)(C)C)N2C(=O)C(c3cc(Cl)cc(Cl)c3)=NC23CCN(C(=O)OC(C)(C)C)C3)cc1. The summed E-state index contributed by atoms with van der Waals surface area (Å²) >= 11 is 12.7. The van der Waals surface area contributed by atoms with Crippen molar-refractivity contribution in [1.82, 2.24) is 9.80 Å². The number of benzene rings is 2. The molecule has 4 rings (SSSR count). The number of nitrogens with zero attached hydrogens (tertiary/aromatic N) is 3. The van der Waals surface area contributed by atoms with E-state index in [0.29, 0.717) is 40.6 Å². The van der Waals surface area contributed by atoms with Crippen molar-refractivity contribution in [3.63, 3.8) is 0 Å². The van der Waals surface area contributed by atoms with Crippen LogP contribution in [0.25, 0.3) is 0 Å². The number of likely N-dealkylation sites (tertiary alicyclic amines) is 1. The van der Waals surface area contributed by atoms with E-state index in [1.807, 2.05) is 37.8 Å². The Balaban J connectivity index is 1.80. The van der Waals surface area contributed by atoms with Crippen molar-refractivity contribution < 1.29 is 23.9 Å². The largest absolute Gasteiger partial charge is 0.459 e. The zero-order valence-electron chi connectivity index (χ0n) is 26.9. The molecule has 0 aromatic heterocycles. The number of halogens is 2. The number of aliphatic imine (C=N–C) groups is 1. The first-order valence-corrected chi connectivity index (χ1v) is 15.8. The van der Waals surface area contributed by atoms with E-state index in [4.69, 9.17) is 37.7 Å². The molecule has 1 unspecified atom stereocenters. The van der Waals surface area contributed by atoms with E-state index in [9.17, 15) is 14.4 Å². The molecule has 1 spiro atoms. The Morgan fingerprint density at radius 2 is 1.61 bits per heavy atom. The quantitative estimate of drug-likeness (QED) is 0.284. The second-order valence-corrected chi connectivity index (χ2v) is 15.0. The highest BCUT2D eigenvalue weighted by atomic mass is 35.5. The van der Waals surface area contributed by atoms with E-state index >= 15 is 0 Å². The summed E-state index contributed by atoms with van der Waals surface area (Å²) in [5.74, 6) is -0.671. The molecule has 0 N–H and O–H groups in total. The number of esters is 1. The van der Waals surface area contributed by atoms with Gasteiger partial charge in [0.2, 0.25) is 0 Å². The first-order valence-electron chi connectivity index (χ1n) is 15.1. The van der Waals surface area contributed by atoms with Gasteiger partial charge in [0.15, 0.2) is 5.66 Å². The maximum Gasteiger partial charge on any atom is 0.410 e. The van der Waals surface area contributed by atoms with Crippen molar-refractivity contribution in [2.45, 2.75) is 98.1 Å². The van der Waals surface area contributed by atoms with Crippen LogP contribution in [0.3, 0.4) is 0 Å². The van der Waals surface area contributed by atoms with E-state index < -0.39 is 29.4 Å². The zero-order chi connectivity index (χ0) is 32.6.